The first kappa shape index (κ1) is 11.9. The fourth-order valence-corrected chi connectivity index (χ4v) is 1.87. The molecule has 0 spiro atoms. The fraction of sp³-hybridized carbons (Fsp3) is 0.778. The van der Waals surface area contributed by atoms with Gasteiger partial charge in [-0.05, 0) is 18.7 Å². The van der Waals surface area contributed by atoms with E-state index in [4.69, 9.17) is 8.85 Å². The van der Waals surface area contributed by atoms with Gasteiger partial charge in [0.2, 0.25) is 0 Å². The molecule has 0 amide bonds. The lowest BCUT2D eigenvalue weighted by atomic mass is 10.2. The second-order valence-corrected chi connectivity index (χ2v) is 6.15. The highest BCUT2D eigenvalue weighted by Crippen LogP contribution is 2.07. The minimum Gasteiger partial charge on any atom is -0.395 e. The average Bonchev–Trinajstić information content (AvgIpc) is 2.12. The maximum atomic E-state index is 5.30. The van der Waals surface area contributed by atoms with E-state index in [-0.39, 0.29) is 0 Å². The van der Waals surface area contributed by atoms with Gasteiger partial charge in [0.25, 0.3) is 0 Å². The lowest BCUT2D eigenvalue weighted by molar-refractivity contribution is 0.264. The highest BCUT2D eigenvalue weighted by Gasteiger charge is 2.23. The van der Waals surface area contributed by atoms with Gasteiger partial charge in [0, 0.05) is 14.2 Å². The molecule has 0 saturated carbocycles. The number of allylic oxidation sites excluding steroid dienone is 1. The van der Waals surface area contributed by atoms with Gasteiger partial charge in [-0.3, -0.25) is 0 Å². The zero-order valence-corrected chi connectivity index (χ0v) is 9.59. The van der Waals surface area contributed by atoms with Crippen LogP contribution in [0.3, 0.4) is 0 Å². The van der Waals surface area contributed by atoms with Crippen molar-refractivity contribution in [3.05, 3.63) is 11.8 Å². The van der Waals surface area contributed by atoms with Crippen molar-refractivity contribution in [1.29, 1.82) is 0 Å². The quantitative estimate of drug-likeness (QED) is 0.471. The summed E-state index contributed by atoms with van der Waals surface area (Å²) in [5.41, 5.74) is 2.10. The second-order valence-electron chi connectivity index (χ2n) is 2.97. The summed E-state index contributed by atoms with van der Waals surface area (Å²) in [6, 6.07) is 0. The van der Waals surface area contributed by atoms with Crippen LogP contribution in [0.25, 0.3) is 0 Å². The normalized spacial score (nSPS) is 12.7. The summed E-state index contributed by atoms with van der Waals surface area (Å²) < 4.78 is 10.6. The number of hydrogen-bond donors (Lipinski definition) is 0. The molecule has 72 valence electrons. The van der Waals surface area contributed by atoms with Gasteiger partial charge < -0.3 is 8.85 Å². The Kier molecular flexibility index (Phi) is 6.33. The molecule has 0 unspecified atom stereocenters. The van der Waals surface area contributed by atoms with Crippen LogP contribution < -0.4 is 0 Å². The smallest absolute Gasteiger partial charge is 0.360 e. The van der Waals surface area contributed by atoms with E-state index in [1.165, 1.54) is 12.8 Å². The molecule has 2 nitrogen and oxygen atoms in total. The van der Waals surface area contributed by atoms with E-state index in [0.29, 0.717) is 0 Å². The molecule has 0 rings (SSSR count). The van der Waals surface area contributed by atoms with Crippen LogP contribution in [-0.2, 0) is 8.85 Å². The van der Waals surface area contributed by atoms with E-state index >= 15 is 0 Å². The molecule has 0 aromatic heterocycles. The van der Waals surface area contributed by atoms with E-state index in [2.05, 4.69) is 18.7 Å². The Hall–Kier alpha value is -0.123. The van der Waals surface area contributed by atoms with Gasteiger partial charge in [0.1, 0.15) is 0 Å². The number of hydrogen-bond acceptors (Lipinski definition) is 2. The van der Waals surface area contributed by atoms with Crippen LogP contribution in [0.1, 0.15) is 26.2 Å². The molecule has 0 aromatic carbocycles. The molecule has 0 heterocycles. The lowest BCUT2D eigenvalue weighted by Crippen LogP contribution is -2.33. The van der Waals surface area contributed by atoms with Crippen molar-refractivity contribution in [1.82, 2.24) is 0 Å². The molecule has 0 saturated heterocycles. The fourth-order valence-electron chi connectivity index (χ4n) is 0.839. The standard InChI is InChI=1S/C9H20O2Si/c1-5-6-7-8-9-12(4,10-2)11-3/h8-9H,5-7H2,1-4H3. The van der Waals surface area contributed by atoms with Crippen molar-refractivity contribution in [2.75, 3.05) is 14.2 Å². The van der Waals surface area contributed by atoms with Gasteiger partial charge in [-0.25, -0.2) is 0 Å². The summed E-state index contributed by atoms with van der Waals surface area (Å²) in [4.78, 5) is 0. The highest BCUT2D eigenvalue weighted by molar-refractivity contribution is 6.71. The van der Waals surface area contributed by atoms with Crippen molar-refractivity contribution in [2.24, 2.45) is 0 Å². The van der Waals surface area contributed by atoms with E-state index in [0.717, 1.165) is 6.42 Å². The SMILES string of the molecule is CCCCC=C[Si](C)(OC)OC. The van der Waals surface area contributed by atoms with Crippen LogP contribution in [0.4, 0.5) is 0 Å². The molecule has 0 fully saturated rings. The van der Waals surface area contributed by atoms with Crippen LogP contribution in [0.2, 0.25) is 6.55 Å². The highest BCUT2D eigenvalue weighted by atomic mass is 28.4. The summed E-state index contributed by atoms with van der Waals surface area (Å²) in [7, 11) is 1.49. The molecule has 0 bridgehead atoms. The lowest BCUT2D eigenvalue weighted by Gasteiger charge is -2.17. The van der Waals surface area contributed by atoms with Gasteiger partial charge in [-0.1, -0.05) is 25.8 Å². The maximum absolute atomic E-state index is 5.30. The summed E-state index contributed by atoms with van der Waals surface area (Å²) in [6.07, 6.45) is 5.78. The van der Waals surface area contributed by atoms with Crippen molar-refractivity contribution >= 4 is 8.56 Å². The van der Waals surface area contributed by atoms with Gasteiger partial charge in [0.05, 0.1) is 0 Å². The Bertz CT molecular complexity index is 130. The summed E-state index contributed by atoms with van der Waals surface area (Å²) in [6.45, 7) is 4.23. The van der Waals surface area contributed by atoms with Gasteiger partial charge in [0.15, 0.2) is 0 Å². The van der Waals surface area contributed by atoms with Crippen molar-refractivity contribution in [3.63, 3.8) is 0 Å². The van der Waals surface area contributed by atoms with E-state index in [1.807, 2.05) is 6.55 Å². The minimum atomic E-state index is -1.93. The predicted molar refractivity (Wildman–Crippen MR) is 54.3 cm³/mol. The zero-order chi connectivity index (χ0) is 9.45. The largest absolute Gasteiger partial charge is 0.395 e. The Morgan fingerprint density at radius 2 is 1.83 bits per heavy atom. The Morgan fingerprint density at radius 1 is 1.25 bits per heavy atom. The first-order valence-corrected chi connectivity index (χ1v) is 6.86. The third-order valence-electron chi connectivity index (χ3n) is 1.96. The van der Waals surface area contributed by atoms with Gasteiger partial charge >= 0.3 is 8.56 Å². The van der Waals surface area contributed by atoms with Crippen LogP contribution >= 0.6 is 0 Å². The molecule has 3 heteroatoms. The molecule has 0 aromatic rings. The molecule has 0 aliphatic heterocycles. The molecular weight excluding hydrogens is 168 g/mol. The van der Waals surface area contributed by atoms with Crippen LogP contribution in [0.5, 0.6) is 0 Å². The number of unbranched alkanes of at least 4 members (excludes halogenated alkanes) is 2. The van der Waals surface area contributed by atoms with E-state index in [1.54, 1.807) is 14.2 Å². The molecule has 0 radical (unpaired) electrons. The monoisotopic (exact) mass is 188 g/mol. The van der Waals surface area contributed by atoms with E-state index < -0.39 is 8.56 Å². The second kappa shape index (κ2) is 6.40. The van der Waals surface area contributed by atoms with E-state index in [9.17, 15) is 0 Å². The van der Waals surface area contributed by atoms with Gasteiger partial charge in [-0.15, -0.1) is 0 Å². The first-order chi connectivity index (χ1) is 5.68. The third-order valence-corrected chi connectivity index (χ3v) is 4.42. The van der Waals surface area contributed by atoms with Crippen molar-refractivity contribution < 1.29 is 8.85 Å². The Morgan fingerprint density at radius 3 is 2.25 bits per heavy atom. The van der Waals surface area contributed by atoms with Gasteiger partial charge in [-0.2, -0.15) is 0 Å². The third kappa shape index (κ3) is 4.69. The predicted octanol–water partition coefficient (Wildman–Crippen LogP) is 2.64. The van der Waals surface area contributed by atoms with Crippen LogP contribution in [0.15, 0.2) is 11.8 Å². The summed E-state index contributed by atoms with van der Waals surface area (Å²) >= 11 is 0. The first-order valence-electron chi connectivity index (χ1n) is 4.46. The summed E-state index contributed by atoms with van der Waals surface area (Å²) in [5, 5.41) is 0. The topological polar surface area (TPSA) is 18.5 Å². The Labute approximate surface area is 76.8 Å². The maximum Gasteiger partial charge on any atom is 0.360 e. The number of rotatable bonds is 6. The molecule has 0 aliphatic rings. The van der Waals surface area contributed by atoms with Crippen molar-refractivity contribution in [2.45, 2.75) is 32.7 Å². The minimum absolute atomic E-state index is 1.13. The van der Waals surface area contributed by atoms with Crippen LogP contribution in [0, 0.1) is 0 Å². The molecule has 0 aliphatic carbocycles. The molecule has 0 atom stereocenters. The summed E-state index contributed by atoms with van der Waals surface area (Å²) in [5.74, 6) is 0. The van der Waals surface area contributed by atoms with Crippen LogP contribution in [-0.4, -0.2) is 22.8 Å². The Balaban J connectivity index is 3.76. The molecule has 0 N–H and O–H groups in total. The molecule has 12 heavy (non-hydrogen) atoms. The van der Waals surface area contributed by atoms with Crippen molar-refractivity contribution in [3.8, 4) is 0 Å². The zero-order valence-electron chi connectivity index (χ0n) is 8.59. The average molecular weight is 188 g/mol. The molecular formula is C9H20O2Si.